The van der Waals surface area contributed by atoms with Crippen LogP contribution in [-0.2, 0) is 30.1 Å². The van der Waals surface area contributed by atoms with E-state index >= 15 is 0 Å². The summed E-state index contributed by atoms with van der Waals surface area (Å²) in [5.74, 6) is -1.22. The van der Waals surface area contributed by atoms with Crippen molar-refractivity contribution in [3.05, 3.63) is 64.7 Å². The van der Waals surface area contributed by atoms with Gasteiger partial charge in [-0.2, -0.15) is 26.3 Å². The van der Waals surface area contributed by atoms with Gasteiger partial charge in [-0.25, -0.2) is 4.79 Å². The maximum absolute atomic E-state index is 13.3. The number of carboxylic acids is 1. The Hall–Kier alpha value is -2.71. The topological polar surface area (TPSA) is 40.5 Å². The zero-order chi connectivity index (χ0) is 20.0. The Morgan fingerprint density at radius 2 is 1.70 bits per heavy atom. The fourth-order valence-electron chi connectivity index (χ4n) is 3.20. The molecule has 0 aliphatic carbocycles. The van der Waals surface area contributed by atoms with Crippen LogP contribution in [0.1, 0.15) is 22.3 Å². The summed E-state index contributed by atoms with van der Waals surface area (Å²) in [6.45, 7) is -0.471. The van der Waals surface area contributed by atoms with Crippen LogP contribution in [0, 0.1) is 0 Å². The van der Waals surface area contributed by atoms with E-state index in [-0.39, 0.29) is 12.5 Å². The van der Waals surface area contributed by atoms with Crippen molar-refractivity contribution in [2.24, 2.45) is 0 Å². The van der Waals surface area contributed by atoms with Gasteiger partial charge in [0.15, 0.2) is 0 Å². The highest BCUT2D eigenvalue weighted by Gasteiger charge is 2.40. The predicted octanol–water partition coefficient (Wildman–Crippen LogP) is 4.74. The van der Waals surface area contributed by atoms with Crippen LogP contribution in [-0.4, -0.2) is 17.1 Å². The summed E-state index contributed by atoms with van der Waals surface area (Å²) in [6, 6.07) is 6.85. The van der Waals surface area contributed by atoms with Gasteiger partial charge < -0.3 is 10.0 Å². The van der Waals surface area contributed by atoms with E-state index in [1.165, 1.54) is 4.90 Å². The van der Waals surface area contributed by atoms with Crippen LogP contribution in [0.4, 0.5) is 32.0 Å². The standard InChI is InChI=1S/C18H13F6NO2/c19-17(20,21)12-6-5-11(13(8-12)18(22,23)24)9-25-14-4-2-1-3-10(14)7-15(25)16(26)27/h1-6,8,15H,7,9H2,(H,26,27). The molecule has 2 aromatic rings. The van der Waals surface area contributed by atoms with Crippen molar-refractivity contribution in [1.29, 1.82) is 0 Å². The molecule has 0 radical (unpaired) electrons. The Morgan fingerprint density at radius 1 is 1.04 bits per heavy atom. The Morgan fingerprint density at radius 3 is 2.30 bits per heavy atom. The van der Waals surface area contributed by atoms with Crippen LogP contribution < -0.4 is 4.90 Å². The van der Waals surface area contributed by atoms with Crippen molar-refractivity contribution in [3.63, 3.8) is 0 Å². The molecule has 27 heavy (non-hydrogen) atoms. The van der Waals surface area contributed by atoms with E-state index in [1.54, 1.807) is 24.3 Å². The largest absolute Gasteiger partial charge is 0.480 e. The molecule has 0 fully saturated rings. The van der Waals surface area contributed by atoms with E-state index in [1.807, 2.05) is 0 Å². The lowest BCUT2D eigenvalue weighted by atomic mass is 10.0. The summed E-state index contributed by atoms with van der Waals surface area (Å²) in [4.78, 5) is 12.8. The second kappa shape index (κ2) is 6.47. The van der Waals surface area contributed by atoms with E-state index in [0.717, 1.165) is 6.07 Å². The monoisotopic (exact) mass is 389 g/mol. The molecular weight excluding hydrogens is 376 g/mol. The number of carboxylic acid groups (broad SMARTS) is 1. The molecule has 3 nitrogen and oxygen atoms in total. The Bertz CT molecular complexity index is 875. The van der Waals surface area contributed by atoms with Crippen molar-refractivity contribution in [1.82, 2.24) is 0 Å². The lowest BCUT2D eigenvalue weighted by Gasteiger charge is -2.26. The third kappa shape index (κ3) is 3.72. The quantitative estimate of drug-likeness (QED) is 0.771. The van der Waals surface area contributed by atoms with E-state index in [2.05, 4.69) is 0 Å². The molecular formula is C18H13F6NO2. The molecule has 1 aliphatic rings. The lowest BCUT2D eigenvalue weighted by Crippen LogP contribution is -2.38. The fraction of sp³-hybridized carbons (Fsp3) is 0.278. The first-order valence-corrected chi connectivity index (χ1v) is 7.83. The molecule has 0 amide bonds. The second-order valence-electron chi connectivity index (χ2n) is 6.18. The van der Waals surface area contributed by atoms with Crippen molar-refractivity contribution in [2.75, 3.05) is 4.90 Å². The van der Waals surface area contributed by atoms with Gasteiger partial charge in [0.25, 0.3) is 0 Å². The van der Waals surface area contributed by atoms with E-state index in [9.17, 15) is 36.2 Å². The number of nitrogens with zero attached hydrogens (tertiary/aromatic N) is 1. The molecule has 0 saturated heterocycles. The van der Waals surface area contributed by atoms with Gasteiger partial charge in [0.05, 0.1) is 11.1 Å². The summed E-state index contributed by atoms with van der Waals surface area (Å²) in [6.07, 6.45) is -9.82. The minimum absolute atomic E-state index is 0.0626. The average molecular weight is 389 g/mol. The van der Waals surface area contributed by atoms with Crippen LogP contribution in [0.5, 0.6) is 0 Å². The predicted molar refractivity (Wildman–Crippen MR) is 84.2 cm³/mol. The van der Waals surface area contributed by atoms with Gasteiger partial charge in [-0.3, -0.25) is 0 Å². The Kier molecular flexibility index (Phi) is 4.57. The number of fused-ring (bicyclic) bond motifs is 1. The van der Waals surface area contributed by atoms with Gasteiger partial charge in [-0.1, -0.05) is 24.3 Å². The number of alkyl halides is 6. The van der Waals surface area contributed by atoms with Crippen LogP contribution >= 0.6 is 0 Å². The highest BCUT2D eigenvalue weighted by atomic mass is 19.4. The average Bonchev–Trinajstić information content (AvgIpc) is 2.92. The van der Waals surface area contributed by atoms with E-state index in [4.69, 9.17) is 0 Å². The van der Waals surface area contributed by atoms with Crippen molar-refractivity contribution < 1.29 is 36.2 Å². The second-order valence-corrected chi connectivity index (χ2v) is 6.18. The molecule has 144 valence electrons. The molecule has 1 N–H and O–H groups in total. The first kappa shape index (κ1) is 19.1. The highest BCUT2D eigenvalue weighted by molar-refractivity contribution is 5.82. The zero-order valence-electron chi connectivity index (χ0n) is 13.6. The van der Waals surface area contributed by atoms with Gasteiger partial charge in [0.2, 0.25) is 0 Å². The maximum Gasteiger partial charge on any atom is 0.416 e. The van der Waals surface area contributed by atoms with Crippen LogP contribution in [0.15, 0.2) is 42.5 Å². The van der Waals surface area contributed by atoms with Crippen molar-refractivity contribution in [2.45, 2.75) is 31.4 Å². The number of hydrogen-bond acceptors (Lipinski definition) is 2. The number of para-hydroxylation sites is 1. The minimum atomic E-state index is -5.01. The van der Waals surface area contributed by atoms with Gasteiger partial charge in [0.1, 0.15) is 6.04 Å². The highest BCUT2D eigenvalue weighted by Crippen LogP contribution is 2.40. The molecule has 1 atom stereocenters. The fourth-order valence-corrected chi connectivity index (χ4v) is 3.20. The number of rotatable bonds is 3. The van der Waals surface area contributed by atoms with Gasteiger partial charge in [-0.15, -0.1) is 0 Å². The molecule has 1 unspecified atom stereocenters. The first-order valence-electron chi connectivity index (χ1n) is 7.83. The Labute approximate surface area is 149 Å². The van der Waals surface area contributed by atoms with Gasteiger partial charge >= 0.3 is 18.3 Å². The maximum atomic E-state index is 13.3. The molecule has 0 saturated carbocycles. The molecule has 1 aliphatic heterocycles. The molecule has 0 spiro atoms. The number of anilines is 1. The molecule has 1 heterocycles. The van der Waals surface area contributed by atoms with Crippen molar-refractivity contribution >= 4 is 11.7 Å². The van der Waals surface area contributed by atoms with E-state index < -0.39 is 47.6 Å². The van der Waals surface area contributed by atoms with E-state index in [0.29, 0.717) is 17.3 Å². The summed E-state index contributed by atoms with van der Waals surface area (Å²) < 4.78 is 78.4. The van der Waals surface area contributed by atoms with Gasteiger partial charge in [0, 0.05) is 18.7 Å². The lowest BCUT2D eigenvalue weighted by molar-refractivity contribution is -0.143. The summed E-state index contributed by atoms with van der Waals surface area (Å²) in [7, 11) is 0. The molecule has 3 rings (SSSR count). The van der Waals surface area contributed by atoms with Crippen LogP contribution in [0.3, 0.4) is 0 Å². The van der Waals surface area contributed by atoms with Crippen LogP contribution in [0.25, 0.3) is 0 Å². The number of carbonyl (C=O) groups is 1. The Balaban J connectivity index is 2.05. The molecule has 0 bridgehead atoms. The zero-order valence-corrected chi connectivity index (χ0v) is 13.6. The summed E-state index contributed by atoms with van der Waals surface area (Å²) in [5, 5.41) is 9.40. The van der Waals surface area contributed by atoms with Crippen LogP contribution in [0.2, 0.25) is 0 Å². The summed E-state index contributed by atoms with van der Waals surface area (Å²) in [5.41, 5.74) is -2.14. The molecule has 2 aromatic carbocycles. The molecule has 9 heteroatoms. The van der Waals surface area contributed by atoms with Gasteiger partial charge in [-0.05, 0) is 29.3 Å². The number of hydrogen-bond donors (Lipinski definition) is 1. The first-order chi connectivity index (χ1) is 12.5. The SMILES string of the molecule is O=C(O)C1Cc2ccccc2N1Cc1ccc(C(F)(F)F)cc1C(F)(F)F. The normalized spacial score (nSPS) is 17.1. The third-order valence-electron chi connectivity index (χ3n) is 4.46. The third-order valence-corrected chi connectivity index (χ3v) is 4.46. The number of aliphatic carboxylic acids is 1. The number of benzene rings is 2. The van der Waals surface area contributed by atoms with Crippen molar-refractivity contribution in [3.8, 4) is 0 Å². The minimum Gasteiger partial charge on any atom is -0.480 e. The smallest absolute Gasteiger partial charge is 0.416 e. The summed E-state index contributed by atoms with van der Waals surface area (Å²) >= 11 is 0. The number of halogens is 6. The molecule has 0 aromatic heterocycles.